The van der Waals surface area contributed by atoms with Crippen molar-refractivity contribution in [2.45, 2.75) is 70.3 Å². The van der Waals surface area contributed by atoms with Crippen LogP contribution in [0.4, 0.5) is 5.69 Å². The van der Waals surface area contributed by atoms with Crippen molar-refractivity contribution >= 4 is 17.6 Å². The predicted octanol–water partition coefficient (Wildman–Crippen LogP) is 4.30. The molecule has 152 valence electrons. The van der Waals surface area contributed by atoms with Gasteiger partial charge in [-0.2, -0.15) is 0 Å². The van der Waals surface area contributed by atoms with Crippen LogP contribution in [-0.4, -0.2) is 29.2 Å². The Hall–Kier alpha value is -1.88. The summed E-state index contributed by atoms with van der Waals surface area (Å²) in [5, 5.41) is 13.8. The van der Waals surface area contributed by atoms with Crippen molar-refractivity contribution in [1.29, 1.82) is 0 Å². The second-order valence-electron chi connectivity index (χ2n) is 9.48. The number of hydrogen-bond acceptors (Lipinski definition) is 4. The molecule has 5 rings (SSSR count). The highest BCUT2D eigenvalue weighted by atomic mass is 16.5. The van der Waals surface area contributed by atoms with Crippen LogP contribution >= 0.6 is 0 Å². The lowest BCUT2D eigenvalue weighted by molar-refractivity contribution is -0.167. The molecule has 0 heterocycles. The van der Waals surface area contributed by atoms with Gasteiger partial charge in [0.15, 0.2) is 0 Å². The van der Waals surface area contributed by atoms with Gasteiger partial charge in [-0.05, 0) is 86.5 Å². The first-order valence-corrected chi connectivity index (χ1v) is 10.7. The fourth-order valence-electron chi connectivity index (χ4n) is 6.24. The number of benzene rings is 1. The molecule has 4 saturated carbocycles. The number of anilines is 1. The highest BCUT2D eigenvalue weighted by molar-refractivity contribution is 5.93. The van der Waals surface area contributed by atoms with Crippen LogP contribution in [0.3, 0.4) is 0 Å². The van der Waals surface area contributed by atoms with Crippen LogP contribution in [0.2, 0.25) is 0 Å². The number of unbranched alkanes of at least 4 members (excludes halogenated alkanes) is 1. The normalized spacial score (nSPS) is 32.9. The summed E-state index contributed by atoms with van der Waals surface area (Å²) in [5.74, 6) is 0.839. The van der Waals surface area contributed by atoms with Gasteiger partial charge in [-0.25, -0.2) is 4.79 Å². The van der Waals surface area contributed by atoms with E-state index in [1.165, 1.54) is 6.42 Å². The molecule has 5 heteroatoms. The largest absolute Gasteiger partial charge is 0.462 e. The van der Waals surface area contributed by atoms with E-state index in [1.54, 1.807) is 24.3 Å². The summed E-state index contributed by atoms with van der Waals surface area (Å²) in [6.45, 7) is 2.49. The van der Waals surface area contributed by atoms with E-state index in [4.69, 9.17) is 4.74 Å². The van der Waals surface area contributed by atoms with E-state index in [9.17, 15) is 14.7 Å². The second kappa shape index (κ2) is 7.51. The molecule has 1 aromatic rings. The molecule has 4 atom stereocenters. The summed E-state index contributed by atoms with van der Waals surface area (Å²) in [7, 11) is 0. The molecule has 5 nitrogen and oxygen atoms in total. The molecule has 4 aliphatic rings. The number of ether oxygens (including phenoxy) is 1. The standard InChI is InChI=1S/C23H31NO4/c1-2-3-8-28-21(26)18-4-6-19(7-5-18)24-20(25)14-22-10-16-9-17(11-22)13-23(27,12-16)15-22/h4-7,16-17,27H,2-3,8-15H2,1H3,(H,24,25)/t16-,17+,22?,23?. The summed E-state index contributed by atoms with van der Waals surface area (Å²) in [4.78, 5) is 24.7. The van der Waals surface area contributed by atoms with Gasteiger partial charge in [-0.15, -0.1) is 0 Å². The van der Waals surface area contributed by atoms with Crippen molar-refractivity contribution in [2.24, 2.45) is 17.3 Å². The molecule has 0 aromatic heterocycles. The number of nitrogens with one attached hydrogen (secondary N) is 1. The number of aliphatic hydroxyl groups is 1. The third-order valence-corrected chi connectivity index (χ3v) is 6.82. The molecule has 0 radical (unpaired) electrons. The zero-order valence-electron chi connectivity index (χ0n) is 16.7. The number of hydrogen-bond donors (Lipinski definition) is 2. The molecule has 0 saturated heterocycles. The molecule has 0 spiro atoms. The van der Waals surface area contributed by atoms with Crippen LogP contribution in [0.5, 0.6) is 0 Å². The summed E-state index contributed by atoms with van der Waals surface area (Å²) >= 11 is 0. The zero-order chi connectivity index (χ0) is 19.8. The van der Waals surface area contributed by atoms with Crippen molar-refractivity contribution in [3.63, 3.8) is 0 Å². The average molecular weight is 386 g/mol. The first-order chi connectivity index (χ1) is 13.4. The van der Waals surface area contributed by atoms with Crippen molar-refractivity contribution < 1.29 is 19.4 Å². The minimum absolute atomic E-state index is 0.00354. The second-order valence-corrected chi connectivity index (χ2v) is 9.48. The maximum Gasteiger partial charge on any atom is 0.338 e. The van der Waals surface area contributed by atoms with E-state index in [0.29, 0.717) is 36.1 Å². The Morgan fingerprint density at radius 2 is 1.82 bits per heavy atom. The fraction of sp³-hybridized carbons (Fsp3) is 0.652. The van der Waals surface area contributed by atoms with Gasteiger partial charge >= 0.3 is 5.97 Å². The Labute approximate surface area is 166 Å². The molecule has 4 bridgehead atoms. The van der Waals surface area contributed by atoms with Gasteiger partial charge in [-0.1, -0.05) is 13.3 Å². The Morgan fingerprint density at radius 3 is 2.43 bits per heavy atom. The van der Waals surface area contributed by atoms with Gasteiger partial charge in [0.2, 0.25) is 5.91 Å². The summed E-state index contributed by atoms with van der Waals surface area (Å²) in [6, 6.07) is 6.89. The van der Waals surface area contributed by atoms with Crippen molar-refractivity contribution in [2.75, 3.05) is 11.9 Å². The summed E-state index contributed by atoms with van der Waals surface area (Å²) in [6.07, 6.45) is 8.29. The molecule has 1 aromatic carbocycles. The molecule has 28 heavy (non-hydrogen) atoms. The van der Waals surface area contributed by atoms with E-state index >= 15 is 0 Å². The van der Waals surface area contributed by atoms with Gasteiger partial charge < -0.3 is 15.2 Å². The minimum atomic E-state index is -0.538. The lowest BCUT2D eigenvalue weighted by Crippen LogP contribution is -2.56. The van der Waals surface area contributed by atoms with E-state index in [1.807, 2.05) is 0 Å². The molecule has 0 aliphatic heterocycles. The molecule has 4 aliphatic carbocycles. The minimum Gasteiger partial charge on any atom is -0.462 e. The fourth-order valence-corrected chi connectivity index (χ4v) is 6.24. The van der Waals surface area contributed by atoms with Gasteiger partial charge in [0.25, 0.3) is 0 Å². The monoisotopic (exact) mass is 385 g/mol. The number of esters is 1. The maximum atomic E-state index is 12.7. The first-order valence-electron chi connectivity index (χ1n) is 10.7. The molecule has 4 fully saturated rings. The highest BCUT2D eigenvalue weighted by Gasteiger charge is 2.57. The molecular formula is C23H31NO4. The van der Waals surface area contributed by atoms with Crippen LogP contribution in [0.1, 0.15) is 75.1 Å². The van der Waals surface area contributed by atoms with E-state index in [0.717, 1.165) is 44.9 Å². The lowest BCUT2D eigenvalue weighted by atomic mass is 9.47. The number of rotatable bonds is 7. The average Bonchev–Trinajstić information content (AvgIpc) is 2.59. The van der Waals surface area contributed by atoms with Crippen LogP contribution in [0, 0.1) is 17.3 Å². The topological polar surface area (TPSA) is 75.6 Å². The Bertz CT molecular complexity index is 727. The van der Waals surface area contributed by atoms with Gasteiger partial charge in [-0.3, -0.25) is 4.79 Å². The maximum absolute atomic E-state index is 12.7. The zero-order valence-corrected chi connectivity index (χ0v) is 16.7. The van der Waals surface area contributed by atoms with Crippen LogP contribution in [0.25, 0.3) is 0 Å². The molecule has 2 unspecified atom stereocenters. The molecular weight excluding hydrogens is 354 g/mol. The van der Waals surface area contributed by atoms with Gasteiger partial charge in [0, 0.05) is 12.1 Å². The summed E-state index contributed by atoms with van der Waals surface area (Å²) < 4.78 is 5.21. The SMILES string of the molecule is CCCCOC(=O)c1ccc(NC(=O)CC23C[C@@H]4C[C@@H](CC(O)(C4)C2)C3)cc1. The van der Waals surface area contributed by atoms with Crippen molar-refractivity contribution in [3.05, 3.63) is 29.8 Å². The Balaban J connectivity index is 1.34. The Kier molecular flexibility index (Phi) is 5.21. The van der Waals surface area contributed by atoms with E-state index in [-0.39, 0.29) is 17.3 Å². The quantitative estimate of drug-likeness (QED) is 0.542. The predicted molar refractivity (Wildman–Crippen MR) is 107 cm³/mol. The van der Waals surface area contributed by atoms with E-state index in [2.05, 4.69) is 12.2 Å². The van der Waals surface area contributed by atoms with Crippen molar-refractivity contribution in [3.8, 4) is 0 Å². The van der Waals surface area contributed by atoms with Gasteiger partial charge in [0.05, 0.1) is 17.8 Å². The van der Waals surface area contributed by atoms with E-state index < -0.39 is 5.60 Å². The van der Waals surface area contributed by atoms with Gasteiger partial charge in [0.1, 0.15) is 0 Å². The number of carbonyl (C=O) groups excluding carboxylic acids is 2. The highest BCUT2D eigenvalue weighted by Crippen LogP contribution is 2.62. The third-order valence-electron chi connectivity index (χ3n) is 6.82. The molecule has 2 N–H and O–H groups in total. The van der Waals surface area contributed by atoms with Crippen LogP contribution < -0.4 is 5.32 Å². The van der Waals surface area contributed by atoms with Crippen LogP contribution in [-0.2, 0) is 9.53 Å². The lowest BCUT2D eigenvalue weighted by Gasteiger charge is -2.60. The van der Waals surface area contributed by atoms with Crippen LogP contribution in [0.15, 0.2) is 24.3 Å². The summed E-state index contributed by atoms with van der Waals surface area (Å²) in [5.41, 5.74) is 0.617. The Morgan fingerprint density at radius 1 is 1.14 bits per heavy atom. The molecule has 1 amide bonds. The smallest absolute Gasteiger partial charge is 0.338 e. The number of amides is 1. The number of carbonyl (C=O) groups is 2. The third kappa shape index (κ3) is 4.09. The first kappa shape index (κ1) is 19.4. The van der Waals surface area contributed by atoms with Crippen molar-refractivity contribution in [1.82, 2.24) is 0 Å².